The first-order chi connectivity index (χ1) is 15.2. The average molecular weight is 438 g/mol. The van der Waals surface area contributed by atoms with Crippen molar-refractivity contribution >= 4 is 17.4 Å². The van der Waals surface area contributed by atoms with E-state index in [0.717, 1.165) is 16.7 Å². The zero-order valence-electron chi connectivity index (χ0n) is 19.3. The number of carbonyl (C=O) groups excluding carboxylic acids is 2. The molecular weight excluding hydrogens is 406 g/mol. The van der Waals surface area contributed by atoms with Gasteiger partial charge in [-0.25, -0.2) is 0 Å². The van der Waals surface area contributed by atoms with Crippen molar-refractivity contribution in [3.05, 3.63) is 70.3 Å². The first kappa shape index (κ1) is 23.5. The molecule has 1 N–H and O–H groups in total. The van der Waals surface area contributed by atoms with Crippen molar-refractivity contribution in [2.45, 2.75) is 33.7 Å². The van der Waals surface area contributed by atoms with Crippen molar-refractivity contribution in [3.63, 3.8) is 0 Å². The molecule has 2 aromatic rings. The molecule has 1 aliphatic rings. The van der Waals surface area contributed by atoms with Crippen LogP contribution >= 0.6 is 0 Å². The van der Waals surface area contributed by atoms with Gasteiger partial charge in [0.15, 0.2) is 0 Å². The molecule has 1 saturated heterocycles. The molecule has 0 bridgehead atoms. The van der Waals surface area contributed by atoms with E-state index >= 15 is 0 Å². The van der Waals surface area contributed by atoms with Crippen molar-refractivity contribution < 1.29 is 24.2 Å². The van der Waals surface area contributed by atoms with Gasteiger partial charge in [-0.3, -0.25) is 9.59 Å². The zero-order valence-corrected chi connectivity index (χ0v) is 19.3. The van der Waals surface area contributed by atoms with Gasteiger partial charge in [-0.1, -0.05) is 43.7 Å². The number of hydrogen-bond acceptors (Lipinski definition) is 5. The number of methoxy groups -OCH3 is 1. The fraction of sp³-hybridized carbons (Fsp3) is 0.385. The molecular formula is C26H31NO5. The lowest BCUT2D eigenvalue weighted by atomic mass is 9.93. The molecule has 0 spiro atoms. The smallest absolute Gasteiger partial charge is 0.295 e. The van der Waals surface area contributed by atoms with Crippen molar-refractivity contribution in [2.24, 2.45) is 5.92 Å². The number of aliphatic hydroxyl groups excluding tert-OH is 1. The number of ketones is 1. The Kier molecular flexibility index (Phi) is 7.36. The molecule has 6 heteroatoms. The Bertz CT molecular complexity index is 1020. The van der Waals surface area contributed by atoms with Crippen molar-refractivity contribution in [3.8, 4) is 5.75 Å². The third-order valence-electron chi connectivity index (χ3n) is 5.50. The van der Waals surface area contributed by atoms with E-state index in [4.69, 9.17) is 9.47 Å². The van der Waals surface area contributed by atoms with Gasteiger partial charge >= 0.3 is 0 Å². The lowest BCUT2D eigenvalue weighted by Crippen LogP contribution is -2.32. The molecule has 0 aromatic heterocycles. The topological polar surface area (TPSA) is 76.1 Å². The van der Waals surface area contributed by atoms with E-state index in [1.807, 2.05) is 56.3 Å². The molecule has 1 fully saturated rings. The van der Waals surface area contributed by atoms with Crippen LogP contribution in [0.25, 0.3) is 5.76 Å². The molecule has 1 aliphatic heterocycles. The fourth-order valence-corrected chi connectivity index (χ4v) is 3.79. The number of benzene rings is 2. The van der Waals surface area contributed by atoms with Crippen LogP contribution in [0.3, 0.4) is 0 Å². The Balaban J connectivity index is 2.09. The first-order valence-corrected chi connectivity index (χ1v) is 10.8. The van der Waals surface area contributed by atoms with Crippen LogP contribution in [-0.4, -0.2) is 48.6 Å². The molecule has 0 radical (unpaired) electrons. The Labute approximate surface area is 189 Å². The molecule has 6 nitrogen and oxygen atoms in total. The molecule has 32 heavy (non-hydrogen) atoms. The molecule has 1 heterocycles. The summed E-state index contributed by atoms with van der Waals surface area (Å²) in [5.41, 5.74) is 3.15. The third-order valence-corrected chi connectivity index (χ3v) is 5.50. The van der Waals surface area contributed by atoms with Crippen LogP contribution in [-0.2, 0) is 14.3 Å². The Morgan fingerprint density at radius 1 is 1.09 bits per heavy atom. The second-order valence-electron chi connectivity index (χ2n) is 8.58. The number of Topliss-reactive ketones (excluding diaryl/α,β-unsaturated/α-hetero) is 1. The van der Waals surface area contributed by atoms with Crippen molar-refractivity contribution in [1.82, 2.24) is 4.90 Å². The minimum absolute atomic E-state index is 0.0932. The van der Waals surface area contributed by atoms with E-state index in [0.29, 0.717) is 23.8 Å². The summed E-state index contributed by atoms with van der Waals surface area (Å²) in [4.78, 5) is 27.4. The fourth-order valence-electron chi connectivity index (χ4n) is 3.79. The van der Waals surface area contributed by atoms with Crippen LogP contribution in [0.4, 0.5) is 0 Å². The maximum absolute atomic E-state index is 13.0. The zero-order chi connectivity index (χ0) is 23.4. The molecule has 170 valence electrons. The van der Waals surface area contributed by atoms with Gasteiger partial charge in [0, 0.05) is 19.2 Å². The number of hydrogen-bond donors (Lipinski definition) is 1. The second-order valence-corrected chi connectivity index (χ2v) is 8.58. The SMILES string of the molecule is COCCN1C(=O)C(=O)/C(=C(/O)c2cc(C)ccc2C)C1c1ccc(OCC(C)C)cc1. The van der Waals surface area contributed by atoms with Gasteiger partial charge in [0.1, 0.15) is 11.5 Å². The summed E-state index contributed by atoms with van der Waals surface area (Å²) in [5.74, 6) is -0.377. The number of aliphatic hydroxyl groups is 1. The highest BCUT2D eigenvalue weighted by Gasteiger charge is 2.46. The Morgan fingerprint density at radius 2 is 1.78 bits per heavy atom. The van der Waals surface area contributed by atoms with E-state index in [2.05, 4.69) is 13.8 Å². The van der Waals surface area contributed by atoms with Gasteiger partial charge < -0.3 is 19.5 Å². The summed E-state index contributed by atoms with van der Waals surface area (Å²) in [5, 5.41) is 11.2. The van der Waals surface area contributed by atoms with E-state index in [9.17, 15) is 14.7 Å². The predicted molar refractivity (Wildman–Crippen MR) is 124 cm³/mol. The molecule has 1 amide bonds. The van der Waals surface area contributed by atoms with Gasteiger partial charge in [0.2, 0.25) is 0 Å². The number of nitrogens with zero attached hydrogens (tertiary/aromatic N) is 1. The van der Waals surface area contributed by atoms with Gasteiger partial charge in [0.05, 0.1) is 24.8 Å². The molecule has 1 atom stereocenters. The van der Waals surface area contributed by atoms with Gasteiger partial charge in [-0.2, -0.15) is 0 Å². The second kappa shape index (κ2) is 10.0. The normalized spacial score (nSPS) is 17.9. The highest BCUT2D eigenvalue weighted by Crippen LogP contribution is 2.40. The largest absolute Gasteiger partial charge is 0.507 e. The van der Waals surface area contributed by atoms with Gasteiger partial charge in [0.25, 0.3) is 11.7 Å². The minimum atomic E-state index is -0.704. The maximum atomic E-state index is 13.0. The number of aryl methyl sites for hydroxylation is 2. The van der Waals surface area contributed by atoms with E-state index in [1.165, 1.54) is 4.90 Å². The summed E-state index contributed by atoms with van der Waals surface area (Å²) in [6, 6.07) is 12.3. The maximum Gasteiger partial charge on any atom is 0.295 e. The van der Waals surface area contributed by atoms with Crippen LogP contribution in [0.2, 0.25) is 0 Å². The van der Waals surface area contributed by atoms with Crippen molar-refractivity contribution in [2.75, 3.05) is 26.9 Å². The summed E-state index contributed by atoms with van der Waals surface area (Å²) in [6.45, 7) is 9.05. The Morgan fingerprint density at radius 3 is 2.41 bits per heavy atom. The standard InChI is InChI=1S/C26H31NO5/c1-16(2)15-32-20-10-8-19(9-11-20)23-22(25(29)26(30)27(23)12-13-31-5)24(28)21-14-17(3)6-7-18(21)4/h6-11,14,16,23,28H,12-13,15H2,1-5H3/b24-22+. The summed E-state index contributed by atoms with van der Waals surface area (Å²) in [7, 11) is 1.54. The van der Waals surface area contributed by atoms with E-state index in [1.54, 1.807) is 7.11 Å². The van der Waals surface area contributed by atoms with Crippen LogP contribution in [0, 0.1) is 19.8 Å². The van der Waals surface area contributed by atoms with Gasteiger partial charge in [-0.05, 0) is 49.1 Å². The Hall–Kier alpha value is -3.12. The number of ether oxygens (including phenoxy) is 2. The van der Waals surface area contributed by atoms with Crippen LogP contribution in [0.1, 0.15) is 42.1 Å². The third kappa shape index (κ3) is 4.86. The monoisotopic (exact) mass is 437 g/mol. The highest BCUT2D eigenvalue weighted by molar-refractivity contribution is 6.46. The van der Waals surface area contributed by atoms with E-state index in [-0.39, 0.29) is 24.5 Å². The number of rotatable bonds is 8. The average Bonchev–Trinajstić information content (AvgIpc) is 3.02. The van der Waals surface area contributed by atoms with E-state index < -0.39 is 17.7 Å². The molecule has 1 unspecified atom stereocenters. The van der Waals surface area contributed by atoms with Crippen LogP contribution in [0.5, 0.6) is 5.75 Å². The predicted octanol–water partition coefficient (Wildman–Crippen LogP) is 4.41. The van der Waals surface area contributed by atoms with Gasteiger partial charge in [-0.15, -0.1) is 0 Å². The summed E-state index contributed by atoms with van der Waals surface area (Å²) >= 11 is 0. The van der Waals surface area contributed by atoms with Crippen molar-refractivity contribution in [1.29, 1.82) is 0 Å². The highest BCUT2D eigenvalue weighted by atomic mass is 16.5. The molecule has 2 aromatic carbocycles. The summed E-state index contributed by atoms with van der Waals surface area (Å²) in [6.07, 6.45) is 0. The number of amides is 1. The number of likely N-dealkylation sites (tertiary alicyclic amines) is 1. The quantitative estimate of drug-likeness (QED) is 0.376. The minimum Gasteiger partial charge on any atom is -0.507 e. The molecule has 0 saturated carbocycles. The van der Waals surface area contributed by atoms with Crippen LogP contribution < -0.4 is 4.74 Å². The first-order valence-electron chi connectivity index (χ1n) is 10.8. The number of carbonyl (C=O) groups is 2. The van der Waals surface area contributed by atoms with Crippen LogP contribution in [0.15, 0.2) is 48.0 Å². The molecule has 0 aliphatic carbocycles. The molecule has 3 rings (SSSR count). The lowest BCUT2D eigenvalue weighted by molar-refractivity contribution is -0.140. The lowest BCUT2D eigenvalue weighted by Gasteiger charge is -2.25. The summed E-state index contributed by atoms with van der Waals surface area (Å²) < 4.78 is 10.9.